The molecule has 0 bridgehead atoms. The summed E-state index contributed by atoms with van der Waals surface area (Å²) in [5.41, 5.74) is 0. The number of unbranched alkanes of at least 4 members (excludes halogenated alkanes) is 21. The van der Waals surface area contributed by atoms with E-state index >= 15 is 0 Å². The van der Waals surface area contributed by atoms with Crippen molar-refractivity contribution < 1.29 is 37.3 Å². The molecule has 0 aromatic heterocycles. The van der Waals surface area contributed by atoms with E-state index in [4.69, 9.17) is 13.8 Å². The summed E-state index contributed by atoms with van der Waals surface area (Å²) in [5, 5.41) is 3.01. The molecule has 0 aliphatic heterocycles. The van der Waals surface area contributed by atoms with Gasteiger partial charge in [-0.15, -0.1) is 0 Å². The van der Waals surface area contributed by atoms with Crippen LogP contribution in [0.3, 0.4) is 0 Å². The van der Waals surface area contributed by atoms with Gasteiger partial charge in [0.05, 0.1) is 33.8 Å². The first-order chi connectivity index (χ1) is 39.4. The van der Waals surface area contributed by atoms with Crippen molar-refractivity contribution in [2.24, 2.45) is 0 Å². The van der Waals surface area contributed by atoms with Crippen LogP contribution in [0.25, 0.3) is 0 Å². The minimum atomic E-state index is -4.73. The number of amides is 1. The van der Waals surface area contributed by atoms with Crippen LogP contribution in [0.2, 0.25) is 0 Å². The molecule has 0 spiro atoms. The highest BCUT2D eigenvalue weighted by molar-refractivity contribution is 7.45. The van der Waals surface area contributed by atoms with Crippen LogP contribution < -0.4 is 10.2 Å². The standard InChI is InChI=1S/C71H121N2O7P/c1-7-10-13-16-19-22-25-28-30-32-33-34-35-36-37-38-39-41-42-45-48-51-54-57-60-63-70(74)72-68(67-79-81(76,77)78-66-65-73(4,5)6)69(62-59-56-53-50-47-44-27-24-21-18-15-12-9-3)80-71(75)64-61-58-55-52-49-46-43-40-31-29-26-23-20-17-14-11-8-2/h10-11,13-14,19-20,22-23,28-31,33-34,36-37,43,46,52,55,59,62,68-69H,7-9,12,15-18,21,24-27,32,35,38-42,44-45,47-51,53-54,56-58,60-61,63-67H2,1-6H3,(H-,72,74,76,77)/b13-10-,14-11-,22-19-,23-20-,30-28-,31-29-,34-33-,37-36-,46-43-,55-52-,62-59-. The lowest BCUT2D eigenvalue weighted by Gasteiger charge is -2.30. The van der Waals surface area contributed by atoms with Crippen LogP contribution in [0.1, 0.15) is 252 Å². The van der Waals surface area contributed by atoms with Gasteiger partial charge in [-0.1, -0.05) is 258 Å². The molecular weight excluding hydrogens is 1020 g/mol. The van der Waals surface area contributed by atoms with Gasteiger partial charge in [-0.3, -0.25) is 14.2 Å². The van der Waals surface area contributed by atoms with Gasteiger partial charge in [0, 0.05) is 12.8 Å². The first-order valence-electron chi connectivity index (χ1n) is 32.5. The van der Waals surface area contributed by atoms with Gasteiger partial charge >= 0.3 is 5.97 Å². The zero-order chi connectivity index (χ0) is 59.3. The maximum atomic E-state index is 13.6. The van der Waals surface area contributed by atoms with Gasteiger partial charge in [-0.2, -0.15) is 0 Å². The number of esters is 1. The normalized spacial score (nSPS) is 14.5. The van der Waals surface area contributed by atoms with E-state index in [0.717, 1.165) is 122 Å². The zero-order valence-electron chi connectivity index (χ0n) is 52.7. The van der Waals surface area contributed by atoms with E-state index < -0.39 is 32.5 Å². The molecule has 0 aromatic carbocycles. The Hall–Kier alpha value is -3.85. The number of nitrogens with zero attached hydrogens (tertiary/aromatic N) is 1. The Bertz CT molecular complexity index is 1850. The highest BCUT2D eigenvalue weighted by Gasteiger charge is 2.27. The lowest BCUT2D eigenvalue weighted by molar-refractivity contribution is -0.870. The molecule has 0 fully saturated rings. The molecule has 81 heavy (non-hydrogen) atoms. The van der Waals surface area contributed by atoms with Crippen molar-refractivity contribution >= 4 is 19.7 Å². The molecule has 462 valence electrons. The summed E-state index contributed by atoms with van der Waals surface area (Å²) in [5.74, 6) is -0.623. The van der Waals surface area contributed by atoms with E-state index in [1.807, 2.05) is 33.3 Å². The number of hydrogen-bond donors (Lipinski definition) is 1. The third-order valence-corrected chi connectivity index (χ3v) is 14.5. The molecule has 9 nitrogen and oxygen atoms in total. The highest BCUT2D eigenvalue weighted by Crippen LogP contribution is 2.38. The topological polar surface area (TPSA) is 114 Å². The summed E-state index contributed by atoms with van der Waals surface area (Å²) in [4.78, 5) is 40.1. The number of nitrogens with one attached hydrogen (secondary N) is 1. The maximum absolute atomic E-state index is 13.6. The minimum Gasteiger partial charge on any atom is -0.756 e. The van der Waals surface area contributed by atoms with Gasteiger partial charge in [-0.25, -0.2) is 0 Å². The predicted octanol–water partition coefficient (Wildman–Crippen LogP) is 19.8. The second kappa shape index (κ2) is 59.3. The summed E-state index contributed by atoms with van der Waals surface area (Å²) in [6, 6.07) is -0.925. The average molecular weight is 1150 g/mol. The van der Waals surface area contributed by atoms with Crippen molar-refractivity contribution in [3.05, 3.63) is 134 Å². The maximum Gasteiger partial charge on any atom is 0.306 e. The Morgan fingerprint density at radius 2 is 0.802 bits per heavy atom. The van der Waals surface area contributed by atoms with Gasteiger partial charge in [0.25, 0.3) is 7.82 Å². The molecule has 3 unspecified atom stereocenters. The second-order valence-electron chi connectivity index (χ2n) is 22.5. The third kappa shape index (κ3) is 60.6. The summed E-state index contributed by atoms with van der Waals surface area (Å²) >= 11 is 0. The molecule has 0 aromatic rings. The number of quaternary nitrogens is 1. The van der Waals surface area contributed by atoms with E-state index in [1.165, 1.54) is 89.9 Å². The molecule has 1 N–H and O–H groups in total. The van der Waals surface area contributed by atoms with Crippen molar-refractivity contribution in [1.29, 1.82) is 0 Å². The Morgan fingerprint density at radius 1 is 0.444 bits per heavy atom. The second-order valence-corrected chi connectivity index (χ2v) is 23.9. The van der Waals surface area contributed by atoms with E-state index in [2.05, 4.69) is 148 Å². The molecule has 1 amide bonds. The highest BCUT2D eigenvalue weighted by atomic mass is 31.2. The van der Waals surface area contributed by atoms with Crippen molar-refractivity contribution in [3.8, 4) is 0 Å². The number of ether oxygens (including phenoxy) is 1. The van der Waals surface area contributed by atoms with Crippen LogP contribution in [0.5, 0.6) is 0 Å². The summed E-state index contributed by atoms with van der Waals surface area (Å²) in [7, 11) is 1.13. The van der Waals surface area contributed by atoms with Crippen molar-refractivity contribution in [2.75, 3.05) is 40.9 Å². The summed E-state index contributed by atoms with van der Waals surface area (Å²) in [6.07, 6.45) is 84.3. The van der Waals surface area contributed by atoms with Crippen molar-refractivity contribution in [2.45, 2.75) is 264 Å². The smallest absolute Gasteiger partial charge is 0.306 e. The first-order valence-corrected chi connectivity index (χ1v) is 34.0. The number of hydrogen-bond acceptors (Lipinski definition) is 7. The number of phosphoric acid groups is 1. The lowest BCUT2D eigenvalue weighted by atomic mass is 10.0. The van der Waals surface area contributed by atoms with Crippen LogP contribution in [0.15, 0.2) is 134 Å². The van der Waals surface area contributed by atoms with Crippen LogP contribution in [-0.2, 0) is 27.9 Å². The minimum absolute atomic E-state index is 0.0394. The van der Waals surface area contributed by atoms with Crippen molar-refractivity contribution in [3.63, 3.8) is 0 Å². The molecule has 0 aliphatic rings. The summed E-state index contributed by atoms with van der Waals surface area (Å²) < 4.78 is 30.3. The van der Waals surface area contributed by atoms with Gasteiger partial charge < -0.3 is 28.5 Å². The Kier molecular flexibility index (Phi) is 56.5. The van der Waals surface area contributed by atoms with Gasteiger partial charge in [0.1, 0.15) is 19.3 Å². The van der Waals surface area contributed by atoms with Crippen LogP contribution in [-0.4, -0.2) is 69.4 Å². The molecule has 0 saturated heterocycles. The molecule has 0 aliphatic carbocycles. The number of likely N-dealkylation sites (N-methyl/N-ethyl adjacent to an activating group) is 1. The number of rotatable bonds is 57. The molecule has 3 atom stereocenters. The van der Waals surface area contributed by atoms with Gasteiger partial charge in [-0.05, 0) is 115 Å². The van der Waals surface area contributed by atoms with Crippen molar-refractivity contribution in [1.82, 2.24) is 5.32 Å². The van der Waals surface area contributed by atoms with E-state index in [0.29, 0.717) is 17.4 Å². The largest absolute Gasteiger partial charge is 0.756 e. The molecule has 10 heteroatoms. The molecule has 0 heterocycles. The predicted molar refractivity (Wildman–Crippen MR) is 348 cm³/mol. The summed E-state index contributed by atoms with van der Waals surface area (Å²) in [6.45, 7) is 6.56. The third-order valence-electron chi connectivity index (χ3n) is 13.6. The van der Waals surface area contributed by atoms with Crippen LogP contribution in [0.4, 0.5) is 0 Å². The first kappa shape index (κ1) is 77.2. The number of phosphoric ester groups is 1. The van der Waals surface area contributed by atoms with Gasteiger partial charge in [0.15, 0.2) is 0 Å². The van der Waals surface area contributed by atoms with E-state index in [1.54, 1.807) is 0 Å². The quantitative estimate of drug-likeness (QED) is 0.0212. The number of allylic oxidation sites excluding steroid dienone is 21. The molecular formula is C71H121N2O7P. The molecule has 0 saturated carbocycles. The fourth-order valence-corrected chi connectivity index (χ4v) is 9.37. The Labute approximate surface area is 498 Å². The fraction of sp³-hybridized carbons (Fsp3) is 0.662. The van der Waals surface area contributed by atoms with Gasteiger partial charge in [0.2, 0.25) is 5.91 Å². The fourth-order valence-electron chi connectivity index (χ4n) is 8.64. The number of carbonyl (C=O) groups excluding carboxylic acids is 2. The molecule has 0 rings (SSSR count). The van der Waals surface area contributed by atoms with Crippen LogP contribution >= 0.6 is 7.82 Å². The Balaban J connectivity index is 5.28. The van der Waals surface area contributed by atoms with Crippen LogP contribution in [0, 0.1) is 0 Å². The van der Waals surface area contributed by atoms with E-state index in [-0.39, 0.29) is 25.4 Å². The zero-order valence-corrected chi connectivity index (χ0v) is 53.6. The molecule has 0 radical (unpaired) electrons. The lowest BCUT2D eigenvalue weighted by Crippen LogP contribution is -2.47. The monoisotopic (exact) mass is 1140 g/mol. The Morgan fingerprint density at radius 3 is 1.21 bits per heavy atom. The SMILES string of the molecule is CC/C=C\C/C=C\C/C=C\C/C=C\C/C=C\CCCCCCCCCCCC(=O)NC(COP(=O)([O-])OCC[N+](C)(C)C)C(/C=C\CCCCCCCCCCCCC)OC(=O)CCC/C=C\C/C=C\C/C=C\C/C=C\C/C=C\CC. The van der Waals surface area contributed by atoms with E-state index in [9.17, 15) is 19.0 Å². The average Bonchev–Trinajstić information content (AvgIpc) is 3.44. The number of carbonyl (C=O) groups is 2.